The van der Waals surface area contributed by atoms with Crippen molar-refractivity contribution < 1.29 is 9.53 Å². The van der Waals surface area contributed by atoms with Crippen LogP contribution in [0.3, 0.4) is 0 Å². The van der Waals surface area contributed by atoms with E-state index in [0.29, 0.717) is 5.92 Å². The molecule has 3 rings (SSSR count). The number of methoxy groups -OCH3 is 1. The summed E-state index contributed by atoms with van der Waals surface area (Å²) >= 11 is 0. The van der Waals surface area contributed by atoms with Gasteiger partial charge in [-0.1, -0.05) is 26.0 Å². The van der Waals surface area contributed by atoms with Crippen LogP contribution in [0.1, 0.15) is 63.5 Å². The van der Waals surface area contributed by atoms with E-state index in [1.165, 1.54) is 36.8 Å². The first-order valence-corrected chi connectivity index (χ1v) is 10.3. The van der Waals surface area contributed by atoms with Gasteiger partial charge < -0.3 is 9.64 Å². The lowest BCUT2D eigenvalue weighted by atomic mass is 9.80. The molecule has 1 fully saturated rings. The molecule has 26 heavy (non-hydrogen) atoms. The lowest BCUT2D eigenvalue weighted by molar-refractivity contribution is -0.130. The van der Waals surface area contributed by atoms with E-state index in [4.69, 9.17) is 4.74 Å². The van der Waals surface area contributed by atoms with Crippen LogP contribution in [0.15, 0.2) is 18.2 Å². The summed E-state index contributed by atoms with van der Waals surface area (Å²) in [4.78, 5) is 15.9. The average molecular weight is 361 g/mol. The molecule has 1 atom stereocenters. The summed E-state index contributed by atoms with van der Waals surface area (Å²) in [5.41, 5.74) is 2.95. The molecule has 0 radical (unpaired) electrons. The van der Waals surface area contributed by atoms with E-state index in [9.17, 15) is 4.79 Å². The smallest absolute Gasteiger partial charge is 0.219 e. The maximum Gasteiger partial charge on any atom is 0.219 e. The summed E-state index contributed by atoms with van der Waals surface area (Å²) in [5, 5.41) is 0. The predicted molar refractivity (Wildman–Crippen MR) is 108 cm³/mol. The van der Waals surface area contributed by atoms with Gasteiger partial charge in [0.05, 0.1) is 7.11 Å². The molecule has 1 amide bonds. The van der Waals surface area contributed by atoms with Gasteiger partial charge in [0.1, 0.15) is 5.75 Å². The number of carbonyl (C=O) groups is 1. The van der Waals surface area contributed by atoms with Crippen molar-refractivity contribution >= 4 is 5.91 Å². The number of hydrogen-bond acceptors (Lipinski definition) is 3. The molecule has 0 spiro atoms. The van der Waals surface area contributed by atoms with Crippen LogP contribution in [0.4, 0.5) is 0 Å². The SMILES string of the molecule is CC.COc1cccc2c1CCCC2CCCN1CCN(C(C)=O)CC1. The normalized spacial score (nSPS) is 20.0. The van der Waals surface area contributed by atoms with E-state index in [2.05, 4.69) is 23.1 Å². The highest BCUT2D eigenvalue weighted by Gasteiger charge is 2.23. The third-order valence-corrected chi connectivity index (χ3v) is 5.65. The van der Waals surface area contributed by atoms with Crippen molar-refractivity contribution in [3.8, 4) is 5.75 Å². The largest absolute Gasteiger partial charge is 0.496 e. The van der Waals surface area contributed by atoms with E-state index in [-0.39, 0.29) is 5.91 Å². The molecule has 1 aliphatic heterocycles. The summed E-state index contributed by atoms with van der Waals surface area (Å²) in [6.07, 6.45) is 6.23. The Morgan fingerprint density at radius 2 is 1.92 bits per heavy atom. The van der Waals surface area contributed by atoms with Crippen molar-refractivity contribution in [2.45, 2.75) is 58.8 Å². The second-order valence-corrected chi connectivity index (χ2v) is 7.11. The highest BCUT2D eigenvalue weighted by atomic mass is 16.5. The highest BCUT2D eigenvalue weighted by Crippen LogP contribution is 2.38. The lowest BCUT2D eigenvalue weighted by Gasteiger charge is -2.34. The van der Waals surface area contributed by atoms with Gasteiger partial charge in [-0.3, -0.25) is 9.69 Å². The van der Waals surface area contributed by atoms with E-state index in [0.717, 1.165) is 44.9 Å². The van der Waals surface area contributed by atoms with Crippen LogP contribution in [0.25, 0.3) is 0 Å². The second kappa shape index (κ2) is 10.6. The van der Waals surface area contributed by atoms with Crippen LogP contribution in [0.5, 0.6) is 5.75 Å². The Balaban J connectivity index is 0.00000117. The first-order chi connectivity index (χ1) is 12.7. The first-order valence-electron chi connectivity index (χ1n) is 10.3. The molecule has 0 N–H and O–H groups in total. The Bertz CT molecular complexity index is 565. The Labute approximate surface area is 159 Å². The van der Waals surface area contributed by atoms with Crippen LogP contribution < -0.4 is 4.74 Å². The van der Waals surface area contributed by atoms with Crippen molar-refractivity contribution in [3.05, 3.63) is 29.3 Å². The van der Waals surface area contributed by atoms with E-state index in [1.54, 1.807) is 14.0 Å². The standard InChI is InChI=1S/C20H30N2O2.C2H6/c1-16(23)22-14-12-21(13-15-22)11-5-7-17-6-3-9-19-18(17)8-4-10-20(19)24-2;1-2/h4,8,10,17H,3,5-7,9,11-15H2,1-2H3;1-2H3. The fourth-order valence-corrected chi connectivity index (χ4v) is 4.25. The van der Waals surface area contributed by atoms with Crippen molar-refractivity contribution in [2.24, 2.45) is 0 Å². The Morgan fingerprint density at radius 1 is 1.19 bits per heavy atom. The topological polar surface area (TPSA) is 32.8 Å². The molecular formula is C22H36N2O2. The third-order valence-electron chi connectivity index (χ3n) is 5.65. The number of benzene rings is 1. The zero-order chi connectivity index (χ0) is 18.9. The highest BCUT2D eigenvalue weighted by molar-refractivity contribution is 5.73. The van der Waals surface area contributed by atoms with Gasteiger partial charge in [0.2, 0.25) is 5.91 Å². The van der Waals surface area contributed by atoms with Crippen molar-refractivity contribution in [3.63, 3.8) is 0 Å². The Hall–Kier alpha value is -1.55. The number of carbonyl (C=O) groups excluding carboxylic acids is 1. The third kappa shape index (κ3) is 5.23. The van der Waals surface area contributed by atoms with Crippen LogP contribution in [-0.4, -0.2) is 55.5 Å². The second-order valence-electron chi connectivity index (χ2n) is 7.11. The monoisotopic (exact) mass is 360 g/mol. The van der Waals surface area contributed by atoms with E-state index < -0.39 is 0 Å². The summed E-state index contributed by atoms with van der Waals surface area (Å²) in [6.45, 7) is 10.6. The molecule has 1 unspecified atom stereocenters. The van der Waals surface area contributed by atoms with Crippen molar-refractivity contribution in [1.29, 1.82) is 0 Å². The zero-order valence-electron chi connectivity index (χ0n) is 17.1. The van der Waals surface area contributed by atoms with Gasteiger partial charge in [-0.05, 0) is 61.8 Å². The van der Waals surface area contributed by atoms with Gasteiger partial charge in [-0.2, -0.15) is 0 Å². The minimum atomic E-state index is 0.211. The number of ether oxygens (including phenoxy) is 1. The maximum atomic E-state index is 11.4. The Kier molecular flexibility index (Phi) is 8.43. The molecule has 0 saturated carbocycles. The van der Waals surface area contributed by atoms with Crippen molar-refractivity contribution in [2.75, 3.05) is 39.8 Å². The number of piperazine rings is 1. The molecule has 1 saturated heterocycles. The number of rotatable bonds is 5. The number of nitrogens with zero attached hydrogens (tertiary/aromatic N) is 2. The van der Waals surface area contributed by atoms with Gasteiger partial charge in [-0.15, -0.1) is 0 Å². The van der Waals surface area contributed by atoms with Crippen LogP contribution in [-0.2, 0) is 11.2 Å². The molecular weight excluding hydrogens is 324 g/mol. The van der Waals surface area contributed by atoms with Crippen molar-refractivity contribution in [1.82, 2.24) is 9.80 Å². The van der Waals surface area contributed by atoms with Gasteiger partial charge in [0.25, 0.3) is 0 Å². The van der Waals surface area contributed by atoms with Crippen LogP contribution in [0, 0.1) is 0 Å². The van der Waals surface area contributed by atoms with Gasteiger partial charge in [-0.25, -0.2) is 0 Å². The van der Waals surface area contributed by atoms with Gasteiger partial charge >= 0.3 is 0 Å². The summed E-state index contributed by atoms with van der Waals surface area (Å²) in [6, 6.07) is 6.53. The zero-order valence-corrected chi connectivity index (χ0v) is 17.1. The van der Waals surface area contributed by atoms with E-state index in [1.807, 2.05) is 18.7 Å². The summed E-state index contributed by atoms with van der Waals surface area (Å²) < 4.78 is 5.55. The quantitative estimate of drug-likeness (QED) is 0.793. The molecule has 2 aliphatic rings. The molecule has 1 aromatic rings. The summed E-state index contributed by atoms with van der Waals surface area (Å²) in [5.74, 6) is 1.96. The number of hydrogen-bond donors (Lipinski definition) is 0. The minimum Gasteiger partial charge on any atom is -0.496 e. The summed E-state index contributed by atoms with van der Waals surface area (Å²) in [7, 11) is 1.78. The van der Waals surface area contributed by atoms with Gasteiger partial charge in [0, 0.05) is 33.1 Å². The molecule has 1 heterocycles. The van der Waals surface area contributed by atoms with Crippen LogP contribution in [0.2, 0.25) is 0 Å². The molecule has 4 nitrogen and oxygen atoms in total. The lowest BCUT2D eigenvalue weighted by Crippen LogP contribution is -2.48. The maximum absolute atomic E-state index is 11.4. The fourth-order valence-electron chi connectivity index (χ4n) is 4.25. The molecule has 1 aromatic carbocycles. The number of fused-ring (bicyclic) bond motifs is 1. The van der Waals surface area contributed by atoms with E-state index >= 15 is 0 Å². The average Bonchev–Trinajstić information content (AvgIpc) is 2.69. The molecule has 0 bridgehead atoms. The molecule has 1 aliphatic carbocycles. The number of amides is 1. The molecule has 4 heteroatoms. The van der Waals surface area contributed by atoms with Crippen LogP contribution >= 0.6 is 0 Å². The molecule has 146 valence electrons. The van der Waals surface area contributed by atoms with Gasteiger partial charge in [0.15, 0.2) is 0 Å². The first kappa shape index (κ1) is 20.8. The fraction of sp³-hybridized carbons (Fsp3) is 0.682. The minimum absolute atomic E-state index is 0.211. The molecule has 0 aromatic heterocycles. The predicted octanol–water partition coefficient (Wildman–Crippen LogP) is 4.09. The Morgan fingerprint density at radius 3 is 2.58 bits per heavy atom.